The van der Waals surface area contributed by atoms with Gasteiger partial charge in [0, 0.05) is 28.1 Å². The van der Waals surface area contributed by atoms with Crippen LogP contribution in [0.2, 0.25) is 5.02 Å². The molecule has 30 heavy (non-hydrogen) atoms. The van der Waals surface area contributed by atoms with Gasteiger partial charge in [0.15, 0.2) is 5.82 Å². The van der Waals surface area contributed by atoms with Crippen molar-refractivity contribution in [3.63, 3.8) is 0 Å². The molecule has 9 heteroatoms. The Hall–Kier alpha value is -3.23. The highest BCUT2D eigenvalue weighted by molar-refractivity contribution is 6.33. The minimum Gasteiger partial charge on any atom is -0.342 e. The van der Waals surface area contributed by atoms with E-state index in [0.717, 1.165) is 47.0 Å². The van der Waals surface area contributed by atoms with Gasteiger partial charge in [-0.3, -0.25) is 9.89 Å². The molecular weight excluding hydrogens is 404 g/mol. The molecule has 0 bridgehead atoms. The largest absolute Gasteiger partial charge is 0.342 e. The zero-order chi connectivity index (χ0) is 20.5. The van der Waals surface area contributed by atoms with Crippen molar-refractivity contribution < 1.29 is 9.32 Å². The van der Waals surface area contributed by atoms with E-state index in [9.17, 15) is 4.79 Å². The van der Waals surface area contributed by atoms with Crippen molar-refractivity contribution in [3.8, 4) is 22.5 Å². The molecule has 8 nitrogen and oxygen atoms in total. The Bertz CT molecular complexity index is 1200. The molecule has 0 radical (unpaired) electrons. The van der Waals surface area contributed by atoms with Gasteiger partial charge in [0.05, 0.1) is 11.4 Å². The third-order valence-corrected chi connectivity index (χ3v) is 5.70. The summed E-state index contributed by atoms with van der Waals surface area (Å²) < 4.78 is 4.84. The maximum atomic E-state index is 12.6. The van der Waals surface area contributed by atoms with Gasteiger partial charge in [-0.1, -0.05) is 22.8 Å². The number of halogens is 1. The van der Waals surface area contributed by atoms with Crippen LogP contribution in [0.15, 0.2) is 47.3 Å². The van der Waals surface area contributed by atoms with Gasteiger partial charge in [0.25, 0.3) is 0 Å². The van der Waals surface area contributed by atoms with Crippen molar-refractivity contribution in [2.75, 3.05) is 18.4 Å². The van der Waals surface area contributed by atoms with Gasteiger partial charge in [0.1, 0.15) is 0 Å². The first-order chi connectivity index (χ1) is 14.7. The number of benzene rings is 2. The molecule has 1 fully saturated rings. The van der Waals surface area contributed by atoms with Gasteiger partial charge in [-0.15, -0.1) is 0 Å². The Balaban J connectivity index is 1.49. The quantitative estimate of drug-likeness (QED) is 0.460. The number of hydrogen-bond acceptors (Lipinski definition) is 6. The van der Waals surface area contributed by atoms with Gasteiger partial charge in [0.2, 0.25) is 18.1 Å². The summed E-state index contributed by atoms with van der Waals surface area (Å²) in [4.78, 5) is 16.7. The highest BCUT2D eigenvalue weighted by Gasteiger charge is 2.22. The molecule has 1 atom stereocenters. The number of carbonyl (C=O) groups is 1. The zero-order valence-electron chi connectivity index (χ0n) is 16.0. The summed E-state index contributed by atoms with van der Waals surface area (Å²) in [5.74, 6) is 0.951. The Morgan fingerprint density at radius 3 is 2.90 bits per heavy atom. The van der Waals surface area contributed by atoms with E-state index < -0.39 is 0 Å². The number of rotatable bonds is 4. The average molecular weight is 423 g/mol. The molecule has 0 aliphatic carbocycles. The minimum atomic E-state index is -0.0465. The van der Waals surface area contributed by atoms with Crippen LogP contribution in [-0.4, -0.2) is 39.3 Å². The minimum absolute atomic E-state index is 0.0156. The van der Waals surface area contributed by atoms with E-state index in [0.29, 0.717) is 23.2 Å². The van der Waals surface area contributed by atoms with Crippen LogP contribution in [0.3, 0.4) is 0 Å². The lowest BCUT2D eigenvalue weighted by Crippen LogP contribution is -2.37. The van der Waals surface area contributed by atoms with Gasteiger partial charge in [-0.2, -0.15) is 10.1 Å². The number of aromatic nitrogens is 4. The summed E-state index contributed by atoms with van der Waals surface area (Å²) in [5.41, 5.74) is 3.36. The summed E-state index contributed by atoms with van der Waals surface area (Å²) in [6.45, 7) is 1.65. The van der Waals surface area contributed by atoms with E-state index in [2.05, 4.69) is 31.0 Å². The van der Waals surface area contributed by atoms with Crippen molar-refractivity contribution in [2.45, 2.75) is 12.8 Å². The van der Waals surface area contributed by atoms with E-state index in [1.54, 1.807) is 6.07 Å². The first kappa shape index (κ1) is 18.8. The van der Waals surface area contributed by atoms with Crippen molar-refractivity contribution in [3.05, 3.63) is 47.8 Å². The molecule has 1 aliphatic rings. The summed E-state index contributed by atoms with van der Waals surface area (Å²) >= 11 is 6.48. The Labute approximate surface area is 177 Å². The topological polar surface area (TPSA) is 109 Å². The fourth-order valence-electron chi connectivity index (χ4n) is 3.75. The van der Waals surface area contributed by atoms with Crippen molar-refractivity contribution in [2.24, 2.45) is 5.92 Å². The van der Waals surface area contributed by atoms with Gasteiger partial charge < -0.3 is 15.2 Å². The van der Waals surface area contributed by atoms with Crippen LogP contribution >= 0.6 is 11.6 Å². The number of carbonyl (C=O) groups excluding carboxylic acids is 1. The van der Waals surface area contributed by atoms with Crippen molar-refractivity contribution in [1.82, 2.24) is 25.7 Å². The molecule has 1 amide bonds. The van der Waals surface area contributed by atoms with E-state index >= 15 is 0 Å². The van der Waals surface area contributed by atoms with Crippen LogP contribution in [0.4, 0.5) is 5.82 Å². The summed E-state index contributed by atoms with van der Waals surface area (Å²) in [5, 5.41) is 18.8. The highest BCUT2D eigenvalue weighted by atomic mass is 35.5. The van der Waals surface area contributed by atoms with Crippen LogP contribution in [0, 0.1) is 5.92 Å². The fourth-order valence-corrected chi connectivity index (χ4v) is 3.98. The number of hydrogen-bond donors (Lipinski definition) is 3. The maximum Gasteiger partial charge on any atom is 0.229 e. The molecule has 0 spiro atoms. The van der Waals surface area contributed by atoms with E-state index in [4.69, 9.17) is 16.1 Å². The molecule has 2 aromatic heterocycles. The predicted molar refractivity (Wildman–Crippen MR) is 114 cm³/mol. The summed E-state index contributed by atoms with van der Waals surface area (Å²) in [6.07, 6.45) is 3.17. The van der Waals surface area contributed by atoms with Crippen molar-refractivity contribution >= 4 is 34.2 Å². The lowest BCUT2D eigenvalue weighted by atomic mass is 9.98. The molecule has 0 unspecified atom stereocenters. The standard InChI is InChI=1S/C21H19ClN6O2/c22-17-5-3-13(19-24-11-30-28-19)9-15(17)12-4-6-18-16(8-12)20(27-26-18)25-21(29)14-2-1-7-23-10-14/h3-6,8-9,11,14,23H,1-2,7,10H2,(H2,25,26,27,29)/t14-/m1/s1. The van der Waals surface area contributed by atoms with E-state index in [-0.39, 0.29) is 11.8 Å². The summed E-state index contributed by atoms with van der Waals surface area (Å²) in [6, 6.07) is 11.4. The Kier molecular flexibility index (Phi) is 4.94. The lowest BCUT2D eigenvalue weighted by molar-refractivity contribution is -0.120. The fraction of sp³-hybridized carbons (Fsp3) is 0.238. The molecule has 2 aromatic carbocycles. The summed E-state index contributed by atoms with van der Waals surface area (Å²) in [7, 11) is 0. The van der Waals surface area contributed by atoms with E-state index in [1.807, 2.05) is 30.3 Å². The van der Waals surface area contributed by atoms with Gasteiger partial charge >= 0.3 is 0 Å². The molecule has 5 rings (SSSR count). The zero-order valence-corrected chi connectivity index (χ0v) is 16.7. The molecule has 3 N–H and O–H groups in total. The molecule has 1 aliphatic heterocycles. The highest BCUT2D eigenvalue weighted by Crippen LogP contribution is 2.34. The monoisotopic (exact) mass is 422 g/mol. The second-order valence-corrected chi connectivity index (χ2v) is 7.72. The average Bonchev–Trinajstić information content (AvgIpc) is 3.45. The second kappa shape index (κ2) is 7.89. The number of aromatic amines is 1. The molecule has 1 saturated heterocycles. The van der Waals surface area contributed by atoms with Crippen LogP contribution < -0.4 is 10.6 Å². The third-order valence-electron chi connectivity index (χ3n) is 5.37. The van der Waals surface area contributed by atoms with Crippen LogP contribution in [0.1, 0.15) is 12.8 Å². The SMILES string of the molecule is O=C(Nc1n[nH]c2ccc(-c3cc(-c4ncon4)ccc3Cl)cc12)[C@@H]1CCCNC1. The Morgan fingerprint density at radius 1 is 1.20 bits per heavy atom. The number of anilines is 1. The number of piperidine rings is 1. The van der Waals surface area contributed by atoms with Crippen LogP contribution in [-0.2, 0) is 4.79 Å². The molecule has 3 heterocycles. The number of H-pyrrole nitrogens is 1. The molecule has 4 aromatic rings. The van der Waals surface area contributed by atoms with Crippen molar-refractivity contribution in [1.29, 1.82) is 0 Å². The molecule has 152 valence electrons. The van der Waals surface area contributed by atoms with E-state index in [1.165, 1.54) is 6.39 Å². The lowest BCUT2D eigenvalue weighted by Gasteiger charge is -2.21. The second-order valence-electron chi connectivity index (χ2n) is 7.31. The predicted octanol–water partition coefficient (Wildman–Crippen LogP) is 3.87. The Morgan fingerprint density at radius 2 is 2.10 bits per heavy atom. The molecule has 0 saturated carbocycles. The molecular formula is C21H19ClN6O2. The number of amides is 1. The maximum absolute atomic E-state index is 12.6. The number of nitrogens with zero attached hydrogens (tertiary/aromatic N) is 3. The third kappa shape index (κ3) is 3.55. The normalized spacial score (nSPS) is 16.6. The van der Waals surface area contributed by atoms with Gasteiger partial charge in [-0.05, 0) is 55.3 Å². The number of nitrogens with one attached hydrogen (secondary N) is 3. The first-order valence-corrected chi connectivity index (χ1v) is 10.1. The number of fused-ring (bicyclic) bond motifs is 1. The smallest absolute Gasteiger partial charge is 0.229 e. The van der Waals surface area contributed by atoms with Crippen LogP contribution in [0.5, 0.6) is 0 Å². The van der Waals surface area contributed by atoms with Gasteiger partial charge in [-0.25, -0.2) is 0 Å². The van der Waals surface area contributed by atoms with Crippen LogP contribution in [0.25, 0.3) is 33.4 Å². The first-order valence-electron chi connectivity index (χ1n) is 9.75.